The van der Waals surface area contributed by atoms with Gasteiger partial charge in [0.15, 0.2) is 5.82 Å². The minimum atomic E-state index is -4.60. The van der Waals surface area contributed by atoms with Gasteiger partial charge in [0, 0.05) is 55.2 Å². The fraction of sp³-hybridized carbons (Fsp3) is 0.696. The van der Waals surface area contributed by atoms with Gasteiger partial charge in [-0.15, -0.1) is 0 Å². The maximum Gasteiger partial charge on any atom is 0.451 e. The van der Waals surface area contributed by atoms with E-state index in [1.807, 2.05) is 20.8 Å². The number of halogens is 3. The maximum atomic E-state index is 12.9. The molecule has 2 saturated heterocycles. The molecule has 3 aliphatic carbocycles. The summed E-state index contributed by atoms with van der Waals surface area (Å²) in [5.74, 6) is 0.293. The van der Waals surface area contributed by atoms with Gasteiger partial charge in [0.05, 0.1) is 6.04 Å². The van der Waals surface area contributed by atoms with E-state index in [2.05, 4.69) is 20.1 Å². The lowest BCUT2D eigenvalue weighted by atomic mass is 9.60. The molecule has 186 valence electrons. The number of hydrogen-bond donors (Lipinski definition) is 0. The summed E-state index contributed by atoms with van der Waals surface area (Å²) < 4.78 is 46.0. The molecule has 3 saturated carbocycles. The molecule has 35 heavy (non-hydrogen) atoms. The van der Waals surface area contributed by atoms with Gasteiger partial charge >= 0.3 is 12.2 Å². The minimum absolute atomic E-state index is 0.0245. The first-order valence-electron chi connectivity index (χ1n) is 12.2. The van der Waals surface area contributed by atoms with Gasteiger partial charge in [-0.3, -0.25) is 0 Å². The van der Waals surface area contributed by atoms with E-state index in [1.54, 1.807) is 0 Å². The Labute approximate surface area is 199 Å². The van der Waals surface area contributed by atoms with E-state index < -0.39 is 12.0 Å². The fourth-order valence-corrected chi connectivity index (χ4v) is 6.34. The Balaban J connectivity index is 0.851. The van der Waals surface area contributed by atoms with Crippen LogP contribution in [0.2, 0.25) is 0 Å². The molecule has 2 spiro atoms. The van der Waals surface area contributed by atoms with Gasteiger partial charge < -0.3 is 14.5 Å². The summed E-state index contributed by atoms with van der Waals surface area (Å²) in [4.78, 5) is 27.9. The van der Waals surface area contributed by atoms with Crippen LogP contribution >= 0.6 is 0 Å². The quantitative estimate of drug-likeness (QED) is 0.655. The molecular formula is C23H26F3N7O2. The number of nitrogens with zero attached hydrogens (tertiary/aromatic N) is 7. The first kappa shape index (κ1) is 21.4. The van der Waals surface area contributed by atoms with Gasteiger partial charge in [0.1, 0.15) is 12.4 Å². The Hall–Kier alpha value is -2.92. The Morgan fingerprint density at radius 2 is 1.66 bits per heavy atom. The van der Waals surface area contributed by atoms with Crippen molar-refractivity contribution in [3.8, 4) is 5.88 Å². The molecule has 4 heterocycles. The predicted molar refractivity (Wildman–Crippen MR) is 114 cm³/mol. The zero-order chi connectivity index (χ0) is 24.0. The number of alkyl halides is 3. The zero-order valence-corrected chi connectivity index (χ0v) is 19.1. The average Bonchev–Trinajstić information content (AvgIpc) is 3.44. The van der Waals surface area contributed by atoms with Crippen molar-refractivity contribution in [1.29, 1.82) is 0 Å². The van der Waals surface area contributed by atoms with Crippen molar-refractivity contribution in [3.63, 3.8) is 0 Å². The van der Waals surface area contributed by atoms with Crippen LogP contribution in [0.4, 0.5) is 18.0 Å². The summed E-state index contributed by atoms with van der Waals surface area (Å²) in [6.45, 7) is 2.96. The van der Waals surface area contributed by atoms with Crippen LogP contribution in [0.5, 0.6) is 5.88 Å². The van der Waals surface area contributed by atoms with Gasteiger partial charge in [0.25, 0.3) is 0 Å². The number of amides is 2. The fourth-order valence-electron chi connectivity index (χ4n) is 6.34. The second-order valence-electron chi connectivity index (χ2n) is 11.3. The van der Waals surface area contributed by atoms with Crippen molar-refractivity contribution in [3.05, 3.63) is 30.2 Å². The number of rotatable bonds is 4. The number of urea groups is 1. The summed E-state index contributed by atoms with van der Waals surface area (Å²) in [7, 11) is 0. The topological polar surface area (TPSA) is 89.3 Å². The number of aromatic nitrogens is 5. The summed E-state index contributed by atoms with van der Waals surface area (Å²) in [5, 5.41) is 4.65. The highest BCUT2D eigenvalue weighted by Crippen LogP contribution is 2.55. The molecule has 2 aliphatic heterocycles. The SMILES string of the molecule is O=C(N1CC2(CC(Oc3ccnc(C(F)(F)F)n3)C2)C1)N1CC2(CC(n3cnc(C4CC4)n3)C2)C1. The molecule has 0 atom stereocenters. The number of carbonyl (C=O) groups excluding carboxylic acids is 1. The lowest BCUT2D eigenvalue weighted by Gasteiger charge is -2.62. The van der Waals surface area contributed by atoms with E-state index in [9.17, 15) is 18.0 Å². The monoisotopic (exact) mass is 489 g/mol. The highest BCUT2D eigenvalue weighted by Gasteiger charge is 2.59. The van der Waals surface area contributed by atoms with Gasteiger partial charge in [-0.2, -0.15) is 23.3 Å². The lowest BCUT2D eigenvalue weighted by Crippen LogP contribution is -2.71. The number of likely N-dealkylation sites (tertiary alicyclic amines) is 2. The normalized spacial score (nSPS) is 25.1. The molecule has 0 aromatic carbocycles. The van der Waals surface area contributed by atoms with Crippen LogP contribution in [0.25, 0.3) is 0 Å². The molecular weight excluding hydrogens is 463 g/mol. The summed E-state index contributed by atoms with van der Waals surface area (Å²) in [6, 6.07) is 1.83. The molecule has 0 unspecified atom stereocenters. The van der Waals surface area contributed by atoms with Gasteiger partial charge in [-0.05, 0) is 38.5 Å². The first-order valence-corrected chi connectivity index (χ1v) is 12.2. The van der Waals surface area contributed by atoms with Gasteiger partial charge in [-0.25, -0.2) is 19.4 Å². The van der Waals surface area contributed by atoms with Crippen LogP contribution in [0.15, 0.2) is 18.6 Å². The second-order valence-corrected chi connectivity index (χ2v) is 11.3. The Morgan fingerprint density at radius 3 is 2.29 bits per heavy atom. The standard InChI is InChI=1S/C23H26F3N7O2/c24-23(25,26)19-27-4-3-17(29-19)35-16-7-22(8-16)11-32(12-22)20(34)31-9-21(10-31)5-15(6-21)33-13-28-18(30-33)14-1-2-14/h3-4,13-16H,1-2,5-12H2. The first-order chi connectivity index (χ1) is 16.7. The van der Waals surface area contributed by atoms with Crippen molar-refractivity contribution >= 4 is 6.03 Å². The molecule has 5 fully saturated rings. The lowest BCUT2D eigenvalue weighted by molar-refractivity contribution is -0.146. The molecule has 0 N–H and O–H groups in total. The second kappa shape index (κ2) is 7.07. The van der Waals surface area contributed by atoms with Crippen molar-refractivity contribution < 1.29 is 22.7 Å². The van der Waals surface area contributed by atoms with Crippen molar-refractivity contribution in [2.24, 2.45) is 10.8 Å². The third-order valence-electron chi connectivity index (χ3n) is 8.32. The van der Waals surface area contributed by atoms with Crippen LogP contribution in [-0.4, -0.2) is 72.8 Å². The van der Waals surface area contributed by atoms with E-state index in [4.69, 9.17) is 4.74 Å². The van der Waals surface area contributed by atoms with E-state index in [-0.39, 0.29) is 28.8 Å². The highest BCUT2D eigenvalue weighted by atomic mass is 19.4. The molecule has 2 amide bonds. The van der Waals surface area contributed by atoms with Crippen molar-refractivity contribution in [1.82, 2.24) is 34.5 Å². The van der Waals surface area contributed by atoms with E-state index in [0.717, 1.165) is 38.0 Å². The van der Waals surface area contributed by atoms with Gasteiger partial charge in [-0.1, -0.05) is 0 Å². The van der Waals surface area contributed by atoms with Gasteiger partial charge in [0.2, 0.25) is 11.7 Å². The number of hydrogen-bond acceptors (Lipinski definition) is 6. The minimum Gasteiger partial charge on any atom is -0.474 e. The van der Waals surface area contributed by atoms with Crippen LogP contribution in [0.3, 0.4) is 0 Å². The molecule has 5 aliphatic rings. The summed E-state index contributed by atoms with van der Waals surface area (Å²) >= 11 is 0. The summed E-state index contributed by atoms with van der Waals surface area (Å²) in [6.07, 6.45) is 4.08. The van der Waals surface area contributed by atoms with Crippen LogP contribution < -0.4 is 4.74 Å². The zero-order valence-electron chi connectivity index (χ0n) is 19.1. The molecule has 12 heteroatoms. The Morgan fingerprint density at radius 1 is 1.00 bits per heavy atom. The van der Waals surface area contributed by atoms with Crippen molar-refractivity contribution in [2.45, 2.75) is 62.8 Å². The molecule has 9 nitrogen and oxygen atoms in total. The molecule has 0 radical (unpaired) electrons. The average molecular weight is 490 g/mol. The largest absolute Gasteiger partial charge is 0.474 e. The molecule has 7 rings (SSSR count). The van der Waals surface area contributed by atoms with E-state index in [0.29, 0.717) is 37.9 Å². The van der Waals surface area contributed by atoms with Crippen LogP contribution in [0.1, 0.15) is 62.1 Å². The van der Waals surface area contributed by atoms with Crippen molar-refractivity contribution in [2.75, 3.05) is 26.2 Å². The Bertz CT molecular complexity index is 1150. The van der Waals surface area contributed by atoms with E-state index in [1.165, 1.54) is 18.9 Å². The summed E-state index contributed by atoms with van der Waals surface area (Å²) in [5.41, 5.74) is 0.257. The third kappa shape index (κ3) is 3.63. The molecule has 0 bridgehead atoms. The number of ether oxygens (including phenoxy) is 1. The Kier molecular flexibility index (Phi) is 4.32. The smallest absolute Gasteiger partial charge is 0.451 e. The van der Waals surface area contributed by atoms with Crippen LogP contribution in [-0.2, 0) is 6.18 Å². The maximum absolute atomic E-state index is 12.9. The van der Waals surface area contributed by atoms with Crippen LogP contribution in [0, 0.1) is 10.8 Å². The van der Waals surface area contributed by atoms with E-state index >= 15 is 0 Å². The molecule has 2 aromatic rings. The molecule has 2 aromatic heterocycles. The predicted octanol–water partition coefficient (Wildman–Crippen LogP) is 3.26. The number of carbonyl (C=O) groups is 1. The highest BCUT2D eigenvalue weighted by molar-refractivity contribution is 5.77. The third-order valence-corrected chi connectivity index (χ3v) is 8.32.